The fourth-order valence-corrected chi connectivity index (χ4v) is 4.04. The molecule has 0 aliphatic heterocycles. The Balaban J connectivity index is 2.18. The fraction of sp³-hybridized carbons (Fsp3) is 0.333. The molecule has 1 aromatic carbocycles. The Kier molecular flexibility index (Phi) is 6.45. The molecule has 0 radical (unpaired) electrons. The van der Waals surface area contributed by atoms with Crippen LogP contribution in [-0.4, -0.2) is 6.54 Å². The fourth-order valence-electron chi connectivity index (χ4n) is 2.10. The van der Waals surface area contributed by atoms with Gasteiger partial charge in [0.25, 0.3) is 0 Å². The molecule has 5 heteroatoms. The second kappa shape index (κ2) is 7.87. The number of rotatable bonds is 6. The highest BCUT2D eigenvalue weighted by Crippen LogP contribution is 2.26. The van der Waals surface area contributed by atoms with Crippen molar-refractivity contribution in [1.29, 1.82) is 0 Å². The van der Waals surface area contributed by atoms with Crippen molar-refractivity contribution in [2.45, 2.75) is 25.8 Å². The van der Waals surface area contributed by atoms with Crippen LogP contribution in [0.3, 0.4) is 0 Å². The molecule has 0 saturated heterocycles. The lowest BCUT2D eigenvalue weighted by atomic mass is 10.0. The highest BCUT2D eigenvalue weighted by Gasteiger charge is 2.14. The molecule has 1 unspecified atom stereocenters. The van der Waals surface area contributed by atoms with E-state index in [1.54, 1.807) is 17.4 Å². The van der Waals surface area contributed by atoms with E-state index in [9.17, 15) is 4.39 Å². The molecular weight excluding hydrogens is 452 g/mol. The summed E-state index contributed by atoms with van der Waals surface area (Å²) in [5.74, 6) is -0.191. The van der Waals surface area contributed by atoms with E-state index in [0.717, 1.165) is 29.4 Å². The summed E-state index contributed by atoms with van der Waals surface area (Å²) in [5.41, 5.74) is 2.29. The van der Waals surface area contributed by atoms with Crippen molar-refractivity contribution >= 4 is 49.9 Å². The van der Waals surface area contributed by atoms with Gasteiger partial charge in [-0.05, 0) is 82.7 Å². The van der Waals surface area contributed by atoms with Gasteiger partial charge < -0.3 is 5.32 Å². The summed E-state index contributed by atoms with van der Waals surface area (Å²) in [6, 6.07) is 7.53. The summed E-state index contributed by atoms with van der Waals surface area (Å²) >= 11 is 7.44. The zero-order chi connectivity index (χ0) is 14.5. The average Bonchev–Trinajstić information content (AvgIpc) is 2.80. The standard InChI is InChI=1S/C15H16BrFINS/c1-2-3-19-14(11-7-15(18)20-9-11)6-10-4-12(16)8-13(17)5-10/h4-5,7-9,14,19H,2-3,6H2,1H3. The molecule has 1 heterocycles. The molecule has 108 valence electrons. The summed E-state index contributed by atoms with van der Waals surface area (Å²) < 4.78 is 15.6. The van der Waals surface area contributed by atoms with Gasteiger partial charge in [-0.15, -0.1) is 11.3 Å². The Labute approximate surface area is 145 Å². The van der Waals surface area contributed by atoms with Gasteiger partial charge >= 0.3 is 0 Å². The van der Waals surface area contributed by atoms with E-state index in [2.05, 4.69) is 62.2 Å². The highest BCUT2D eigenvalue weighted by molar-refractivity contribution is 14.1. The van der Waals surface area contributed by atoms with Gasteiger partial charge in [-0.1, -0.05) is 22.9 Å². The third-order valence-corrected chi connectivity index (χ3v) is 5.26. The number of benzene rings is 1. The quantitative estimate of drug-likeness (QED) is 0.550. The SMILES string of the molecule is CCCNC(Cc1cc(F)cc(Br)c1)c1csc(I)c1. The molecule has 1 nitrogen and oxygen atoms in total. The number of halogens is 3. The first-order chi connectivity index (χ1) is 9.58. The highest BCUT2D eigenvalue weighted by atomic mass is 127. The molecule has 0 aliphatic carbocycles. The van der Waals surface area contributed by atoms with E-state index in [-0.39, 0.29) is 11.9 Å². The minimum Gasteiger partial charge on any atom is -0.310 e. The smallest absolute Gasteiger partial charge is 0.124 e. The lowest BCUT2D eigenvalue weighted by molar-refractivity contribution is 0.528. The summed E-state index contributed by atoms with van der Waals surface area (Å²) in [5, 5.41) is 5.74. The van der Waals surface area contributed by atoms with Gasteiger partial charge in [0.1, 0.15) is 5.82 Å². The zero-order valence-electron chi connectivity index (χ0n) is 11.1. The van der Waals surface area contributed by atoms with Crippen LogP contribution in [-0.2, 0) is 6.42 Å². The molecular formula is C15H16BrFINS. The van der Waals surface area contributed by atoms with Crippen molar-refractivity contribution in [3.8, 4) is 0 Å². The second-order valence-corrected chi connectivity index (χ2v) is 8.39. The van der Waals surface area contributed by atoms with Gasteiger partial charge in [0.15, 0.2) is 0 Å². The van der Waals surface area contributed by atoms with Gasteiger partial charge in [-0.3, -0.25) is 0 Å². The van der Waals surface area contributed by atoms with Crippen LogP contribution >= 0.6 is 49.9 Å². The van der Waals surface area contributed by atoms with Crippen LogP contribution in [0.25, 0.3) is 0 Å². The maximum atomic E-state index is 13.5. The number of hydrogen-bond donors (Lipinski definition) is 1. The second-order valence-electron chi connectivity index (χ2n) is 4.67. The molecule has 20 heavy (non-hydrogen) atoms. The van der Waals surface area contributed by atoms with Crippen LogP contribution in [0.5, 0.6) is 0 Å². The summed E-state index contributed by atoms with van der Waals surface area (Å²) in [6.45, 7) is 3.12. The van der Waals surface area contributed by atoms with Gasteiger partial charge in [-0.2, -0.15) is 0 Å². The Bertz CT molecular complexity index is 553. The summed E-state index contributed by atoms with van der Waals surface area (Å²) in [4.78, 5) is 0. The first kappa shape index (κ1) is 16.4. The number of hydrogen-bond acceptors (Lipinski definition) is 2. The molecule has 2 rings (SSSR count). The molecule has 0 saturated carbocycles. The molecule has 1 aromatic heterocycles. The van der Waals surface area contributed by atoms with Crippen LogP contribution in [0.15, 0.2) is 34.1 Å². The molecule has 0 spiro atoms. The largest absolute Gasteiger partial charge is 0.310 e. The Morgan fingerprint density at radius 1 is 1.35 bits per heavy atom. The van der Waals surface area contributed by atoms with Gasteiger partial charge in [0, 0.05) is 10.5 Å². The average molecular weight is 468 g/mol. The molecule has 0 aliphatic rings. The van der Waals surface area contributed by atoms with E-state index < -0.39 is 0 Å². The predicted molar refractivity (Wildman–Crippen MR) is 95.9 cm³/mol. The van der Waals surface area contributed by atoms with Crippen molar-refractivity contribution in [2.24, 2.45) is 0 Å². The number of nitrogens with one attached hydrogen (secondary N) is 1. The van der Waals surface area contributed by atoms with Crippen molar-refractivity contribution in [3.05, 3.63) is 53.9 Å². The molecule has 2 aromatic rings. The first-order valence-corrected chi connectivity index (χ1v) is 9.26. The maximum Gasteiger partial charge on any atom is 0.124 e. The molecule has 0 amide bonds. The topological polar surface area (TPSA) is 12.0 Å². The minimum atomic E-state index is -0.191. The van der Waals surface area contributed by atoms with Crippen LogP contribution < -0.4 is 5.32 Å². The van der Waals surface area contributed by atoms with Gasteiger partial charge in [0.05, 0.1) is 2.88 Å². The molecule has 1 atom stereocenters. The third-order valence-electron chi connectivity index (χ3n) is 2.99. The van der Waals surface area contributed by atoms with E-state index in [4.69, 9.17) is 0 Å². The molecule has 0 bridgehead atoms. The summed E-state index contributed by atoms with van der Waals surface area (Å²) in [6.07, 6.45) is 1.88. The van der Waals surface area contributed by atoms with E-state index in [1.807, 2.05) is 6.07 Å². The van der Waals surface area contributed by atoms with Crippen molar-refractivity contribution < 1.29 is 4.39 Å². The van der Waals surface area contributed by atoms with E-state index >= 15 is 0 Å². The molecule has 0 fully saturated rings. The lowest BCUT2D eigenvalue weighted by Gasteiger charge is -2.18. The zero-order valence-corrected chi connectivity index (χ0v) is 15.7. The maximum absolute atomic E-state index is 13.5. The van der Waals surface area contributed by atoms with Crippen molar-refractivity contribution in [3.63, 3.8) is 0 Å². The minimum absolute atomic E-state index is 0.191. The normalized spacial score (nSPS) is 12.6. The Hall–Kier alpha value is 0.0200. The monoisotopic (exact) mass is 467 g/mol. The van der Waals surface area contributed by atoms with E-state index in [0.29, 0.717) is 0 Å². The van der Waals surface area contributed by atoms with Crippen LogP contribution in [0.1, 0.15) is 30.5 Å². The van der Waals surface area contributed by atoms with Crippen LogP contribution in [0.4, 0.5) is 4.39 Å². The predicted octanol–water partition coefficient (Wildman–Crippen LogP) is 5.54. The van der Waals surface area contributed by atoms with Crippen LogP contribution in [0, 0.1) is 8.70 Å². The van der Waals surface area contributed by atoms with Gasteiger partial charge in [-0.25, -0.2) is 4.39 Å². The summed E-state index contributed by atoms with van der Waals surface area (Å²) in [7, 11) is 0. The van der Waals surface area contributed by atoms with E-state index in [1.165, 1.54) is 14.5 Å². The Morgan fingerprint density at radius 2 is 2.15 bits per heavy atom. The lowest BCUT2D eigenvalue weighted by Crippen LogP contribution is -2.23. The van der Waals surface area contributed by atoms with Crippen LogP contribution in [0.2, 0.25) is 0 Å². The first-order valence-electron chi connectivity index (χ1n) is 6.50. The molecule has 1 N–H and O–H groups in total. The van der Waals surface area contributed by atoms with Crippen molar-refractivity contribution in [2.75, 3.05) is 6.54 Å². The third kappa shape index (κ3) is 4.79. The van der Waals surface area contributed by atoms with Crippen molar-refractivity contribution in [1.82, 2.24) is 5.32 Å². The number of thiophene rings is 1. The Morgan fingerprint density at radius 3 is 2.75 bits per heavy atom. The van der Waals surface area contributed by atoms with Gasteiger partial charge in [0.2, 0.25) is 0 Å².